The fourth-order valence-electron chi connectivity index (χ4n) is 2.22. The predicted molar refractivity (Wildman–Crippen MR) is 102 cm³/mol. The smallest absolute Gasteiger partial charge is 0.349 e. The summed E-state index contributed by atoms with van der Waals surface area (Å²) in [5, 5.41) is 13.7. The van der Waals surface area contributed by atoms with Gasteiger partial charge in [0.1, 0.15) is 15.9 Å². The molecule has 0 aromatic carbocycles. The zero-order valence-electron chi connectivity index (χ0n) is 13.5. The summed E-state index contributed by atoms with van der Waals surface area (Å²) in [6.07, 6.45) is -0.715. The minimum atomic E-state index is -3.85. The number of thiophene rings is 3. The van der Waals surface area contributed by atoms with Gasteiger partial charge in [-0.3, -0.25) is 0 Å². The normalized spacial score (nSPS) is 12.8. The lowest BCUT2D eigenvalue weighted by Gasteiger charge is -2.06. The van der Waals surface area contributed by atoms with Gasteiger partial charge in [0.2, 0.25) is 10.0 Å². The van der Waals surface area contributed by atoms with Crippen LogP contribution in [0.25, 0.3) is 0 Å². The molecule has 6 nitrogen and oxygen atoms in total. The molecule has 3 rings (SSSR count). The van der Waals surface area contributed by atoms with Crippen molar-refractivity contribution in [3.63, 3.8) is 0 Å². The third-order valence-corrected chi connectivity index (χ3v) is 8.02. The zero-order valence-corrected chi connectivity index (χ0v) is 16.8. The SMILES string of the molecule is COC(=O)c1sccc1S(=O)(=O)NCc1ccc(C(O)c2cccs2)s1. The standard InChI is InChI=1S/C16H15NO5S4/c1-22-16(19)15-13(6-8-24-15)26(20,21)17-9-10-4-5-12(25-10)14(18)11-3-2-7-23-11/h2-8,14,17-18H,9H2,1H3. The third kappa shape index (κ3) is 4.05. The van der Waals surface area contributed by atoms with Crippen molar-refractivity contribution in [1.29, 1.82) is 0 Å². The Balaban J connectivity index is 1.71. The van der Waals surface area contributed by atoms with Crippen LogP contribution in [0.4, 0.5) is 0 Å². The number of aliphatic hydroxyl groups excluding tert-OH is 1. The highest BCUT2D eigenvalue weighted by molar-refractivity contribution is 7.89. The van der Waals surface area contributed by atoms with Crippen LogP contribution >= 0.6 is 34.0 Å². The van der Waals surface area contributed by atoms with Crippen molar-refractivity contribution in [2.24, 2.45) is 0 Å². The van der Waals surface area contributed by atoms with Crippen LogP contribution in [0.2, 0.25) is 0 Å². The molecule has 2 N–H and O–H groups in total. The number of rotatable bonds is 7. The van der Waals surface area contributed by atoms with Gasteiger partial charge in [0.15, 0.2) is 0 Å². The molecule has 0 aliphatic rings. The lowest BCUT2D eigenvalue weighted by atomic mass is 10.2. The van der Waals surface area contributed by atoms with Gasteiger partial charge in [-0.25, -0.2) is 17.9 Å². The molecule has 3 aromatic heterocycles. The van der Waals surface area contributed by atoms with Gasteiger partial charge in [-0.15, -0.1) is 34.0 Å². The first kappa shape index (κ1) is 19.2. The van der Waals surface area contributed by atoms with Crippen molar-refractivity contribution in [2.45, 2.75) is 17.5 Å². The fourth-order valence-corrected chi connectivity index (χ4v) is 6.41. The largest absolute Gasteiger partial charge is 0.465 e. The van der Waals surface area contributed by atoms with E-state index in [4.69, 9.17) is 0 Å². The average molecular weight is 430 g/mol. The monoisotopic (exact) mass is 429 g/mol. The number of sulfonamides is 1. The molecule has 1 unspecified atom stereocenters. The number of esters is 1. The number of carbonyl (C=O) groups excluding carboxylic acids is 1. The molecular formula is C16H15NO5S4. The summed E-state index contributed by atoms with van der Waals surface area (Å²) in [5.41, 5.74) is 0. The maximum absolute atomic E-state index is 12.5. The highest BCUT2D eigenvalue weighted by atomic mass is 32.2. The van der Waals surface area contributed by atoms with Crippen LogP contribution in [0.3, 0.4) is 0 Å². The molecule has 0 saturated carbocycles. The van der Waals surface area contributed by atoms with Gasteiger partial charge in [0.05, 0.1) is 7.11 Å². The molecule has 3 aromatic rings. The van der Waals surface area contributed by atoms with Crippen molar-refractivity contribution in [3.05, 3.63) is 60.6 Å². The number of hydrogen-bond acceptors (Lipinski definition) is 8. The van der Waals surface area contributed by atoms with Crippen molar-refractivity contribution in [3.8, 4) is 0 Å². The van der Waals surface area contributed by atoms with E-state index in [1.165, 1.54) is 41.2 Å². The molecule has 1 atom stereocenters. The van der Waals surface area contributed by atoms with E-state index in [1.807, 2.05) is 17.5 Å². The Kier molecular flexibility index (Phi) is 5.90. The zero-order chi connectivity index (χ0) is 18.7. The quantitative estimate of drug-likeness (QED) is 0.563. The molecule has 0 spiro atoms. The molecule has 0 aliphatic carbocycles. The Bertz CT molecular complexity index is 988. The molecule has 0 fully saturated rings. The lowest BCUT2D eigenvalue weighted by Crippen LogP contribution is -2.24. The molecule has 26 heavy (non-hydrogen) atoms. The second kappa shape index (κ2) is 7.99. The Morgan fingerprint density at radius 1 is 1.19 bits per heavy atom. The van der Waals surface area contributed by atoms with Gasteiger partial charge >= 0.3 is 5.97 Å². The number of methoxy groups -OCH3 is 1. The minimum Gasteiger partial charge on any atom is -0.465 e. The second-order valence-electron chi connectivity index (χ2n) is 5.15. The van der Waals surface area contributed by atoms with E-state index in [0.717, 1.165) is 26.0 Å². The van der Waals surface area contributed by atoms with E-state index in [9.17, 15) is 18.3 Å². The Morgan fingerprint density at radius 3 is 2.69 bits per heavy atom. The Labute approximate surface area is 162 Å². The van der Waals surface area contributed by atoms with Crippen LogP contribution in [-0.2, 0) is 21.3 Å². The summed E-state index contributed by atoms with van der Waals surface area (Å²) in [7, 11) is -2.64. The van der Waals surface area contributed by atoms with Gasteiger partial charge in [0, 0.05) is 21.2 Å². The molecular weight excluding hydrogens is 414 g/mol. The van der Waals surface area contributed by atoms with Gasteiger partial charge in [0.25, 0.3) is 0 Å². The van der Waals surface area contributed by atoms with Crippen molar-refractivity contribution < 1.29 is 23.1 Å². The molecule has 0 aliphatic heterocycles. The second-order valence-corrected chi connectivity index (χ2v) is 9.98. The summed E-state index contributed by atoms with van der Waals surface area (Å²) < 4.78 is 32.1. The Morgan fingerprint density at radius 2 is 2.00 bits per heavy atom. The van der Waals surface area contributed by atoms with Gasteiger partial charge in [-0.1, -0.05) is 6.07 Å². The number of ether oxygens (including phenoxy) is 1. The molecule has 138 valence electrons. The molecule has 10 heteroatoms. The highest BCUT2D eigenvalue weighted by Crippen LogP contribution is 2.31. The maximum atomic E-state index is 12.5. The predicted octanol–water partition coefficient (Wildman–Crippen LogP) is 3.22. The lowest BCUT2D eigenvalue weighted by molar-refractivity contribution is 0.0602. The average Bonchev–Trinajstić information content (AvgIpc) is 3.39. The van der Waals surface area contributed by atoms with E-state index in [1.54, 1.807) is 12.1 Å². The third-order valence-electron chi connectivity index (χ3n) is 3.49. The van der Waals surface area contributed by atoms with Gasteiger partial charge in [-0.2, -0.15) is 0 Å². The van der Waals surface area contributed by atoms with Crippen molar-refractivity contribution in [1.82, 2.24) is 4.72 Å². The van der Waals surface area contributed by atoms with Crippen LogP contribution in [0.15, 0.2) is 46.0 Å². The summed E-state index contributed by atoms with van der Waals surface area (Å²) in [6.45, 7) is 0.0701. The highest BCUT2D eigenvalue weighted by Gasteiger charge is 2.24. The molecule has 0 bridgehead atoms. The summed E-state index contributed by atoms with van der Waals surface area (Å²) in [4.78, 5) is 14.0. The number of nitrogens with one attached hydrogen (secondary N) is 1. The molecule has 0 amide bonds. The van der Waals surface area contributed by atoms with Crippen LogP contribution in [0, 0.1) is 0 Å². The first-order valence-electron chi connectivity index (χ1n) is 7.38. The first-order valence-corrected chi connectivity index (χ1v) is 11.4. The van der Waals surface area contributed by atoms with E-state index < -0.39 is 22.1 Å². The van der Waals surface area contributed by atoms with Crippen LogP contribution in [0.5, 0.6) is 0 Å². The minimum absolute atomic E-state index is 0.0417. The van der Waals surface area contributed by atoms with Crippen molar-refractivity contribution >= 4 is 50.0 Å². The van der Waals surface area contributed by atoms with E-state index in [-0.39, 0.29) is 16.3 Å². The van der Waals surface area contributed by atoms with E-state index >= 15 is 0 Å². The maximum Gasteiger partial charge on any atom is 0.349 e. The fraction of sp³-hybridized carbons (Fsp3) is 0.188. The topological polar surface area (TPSA) is 92.7 Å². The van der Waals surface area contributed by atoms with Crippen LogP contribution in [0.1, 0.15) is 30.4 Å². The molecule has 0 saturated heterocycles. The Hall–Kier alpha value is -1.56. The summed E-state index contributed by atoms with van der Waals surface area (Å²) in [6, 6.07) is 8.64. The van der Waals surface area contributed by atoms with E-state index in [0.29, 0.717) is 0 Å². The number of carbonyl (C=O) groups is 1. The van der Waals surface area contributed by atoms with Crippen LogP contribution < -0.4 is 4.72 Å². The van der Waals surface area contributed by atoms with Crippen molar-refractivity contribution in [2.75, 3.05) is 7.11 Å². The molecule has 0 radical (unpaired) electrons. The summed E-state index contributed by atoms with van der Waals surface area (Å²) >= 11 is 3.81. The van der Waals surface area contributed by atoms with Gasteiger partial charge < -0.3 is 9.84 Å². The first-order chi connectivity index (χ1) is 12.4. The summed E-state index contributed by atoms with van der Waals surface area (Å²) in [5.74, 6) is -0.683. The van der Waals surface area contributed by atoms with Gasteiger partial charge in [-0.05, 0) is 35.0 Å². The number of aliphatic hydroxyl groups is 1. The molecule has 3 heterocycles. The van der Waals surface area contributed by atoms with Crippen LogP contribution in [-0.4, -0.2) is 26.6 Å². The van der Waals surface area contributed by atoms with E-state index in [2.05, 4.69) is 9.46 Å². The number of hydrogen-bond donors (Lipinski definition) is 2.